The van der Waals surface area contributed by atoms with Crippen molar-refractivity contribution in [2.24, 2.45) is 34.2 Å². The van der Waals surface area contributed by atoms with E-state index in [0.717, 1.165) is 18.4 Å². The number of aliphatic hydroxyl groups is 1. The Morgan fingerprint density at radius 1 is 1.15 bits per heavy atom. The molecule has 6 nitrogen and oxygen atoms in total. The summed E-state index contributed by atoms with van der Waals surface area (Å²) in [5, 5.41) is 13.6. The molecule has 0 saturated heterocycles. The number of amidine groups is 1. The lowest BCUT2D eigenvalue weighted by Gasteiger charge is -2.22. The normalized spacial score (nSPS) is 27.8. The number of nitrogens with two attached hydrogens (primary N) is 2. The first kappa shape index (κ1) is 23.3. The van der Waals surface area contributed by atoms with Crippen molar-refractivity contribution in [3.8, 4) is 0 Å². The van der Waals surface area contributed by atoms with E-state index in [1.165, 1.54) is 25.2 Å². The fourth-order valence-electron chi connectivity index (χ4n) is 5.38. The van der Waals surface area contributed by atoms with Gasteiger partial charge in [-0.1, -0.05) is 41.9 Å². The molecule has 0 aromatic heterocycles. The first-order valence-electron chi connectivity index (χ1n) is 11.0. The van der Waals surface area contributed by atoms with Crippen LogP contribution in [-0.4, -0.2) is 30.0 Å². The minimum atomic E-state index is -0.579. The lowest BCUT2D eigenvalue weighted by molar-refractivity contribution is -0.112. The Labute approximate surface area is 197 Å². The number of benzene rings is 2. The average Bonchev–Trinajstić information content (AvgIpc) is 3.36. The molecule has 33 heavy (non-hydrogen) atoms. The highest BCUT2D eigenvalue weighted by Crippen LogP contribution is 2.53. The van der Waals surface area contributed by atoms with Gasteiger partial charge in [0.25, 0.3) is 5.91 Å². The number of allylic oxidation sites excluding steroid dienone is 1. The Bertz CT molecular complexity index is 1100. The van der Waals surface area contributed by atoms with Gasteiger partial charge >= 0.3 is 0 Å². The summed E-state index contributed by atoms with van der Waals surface area (Å²) in [6.07, 6.45) is 1.88. The highest BCUT2D eigenvalue weighted by Gasteiger charge is 2.49. The number of fused-ring (bicyclic) bond motifs is 1. The number of aliphatic hydroxyl groups excluding tert-OH is 1. The molecule has 0 radical (unpaired) electrons. The quantitative estimate of drug-likeness (QED) is 0.302. The Balaban J connectivity index is 1.54. The summed E-state index contributed by atoms with van der Waals surface area (Å²) in [6, 6.07) is 14.0. The molecule has 174 valence electrons. The number of nitrogens with one attached hydrogen (secondary N) is 1. The van der Waals surface area contributed by atoms with Crippen molar-refractivity contribution in [3.63, 3.8) is 0 Å². The second-order valence-electron chi connectivity index (χ2n) is 8.86. The van der Waals surface area contributed by atoms with E-state index in [2.05, 4.69) is 22.4 Å². The number of hydrogen-bond acceptors (Lipinski definition) is 4. The van der Waals surface area contributed by atoms with Gasteiger partial charge in [0, 0.05) is 30.3 Å². The molecular formula is C25H28ClFN4O2. The van der Waals surface area contributed by atoms with Gasteiger partial charge in [-0.15, -0.1) is 0 Å². The number of anilines is 1. The standard InChI is InChI=1S/C25H28ClFN4O2/c1-30-24(29)21(25(33)31-16-7-8-20(27)19(26)12-16)22(28)15-9-14-10-17(23(32)18(14)11-15)13-5-3-2-4-6-13/h2-8,12,14-15,17-18,23,32H,9-11,28H2,1H3,(H2,29,30)(H,31,33)/b22-21+. The summed E-state index contributed by atoms with van der Waals surface area (Å²) in [5.74, 6) is -0.641. The van der Waals surface area contributed by atoms with Gasteiger partial charge in [0.15, 0.2) is 0 Å². The van der Waals surface area contributed by atoms with Gasteiger partial charge in [0.1, 0.15) is 17.2 Å². The SMILES string of the molecule is CN=C(N)/C(C(=O)Nc1ccc(F)c(Cl)c1)=C(\N)C1CC2CC(c3ccccc3)C(O)C2C1. The van der Waals surface area contributed by atoms with Crippen molar-refractivity contribution in [3.05, 3.63) is 76.2 Å². The van der Waals surface area contributed by atoms with Crippen LogP contribution in [0.4, 0.5) is 10.1 Å². The van der Waals surface area contributed by atoms with Crippen molar-refractivity contribution < 1.29 is 14.3 Å². The van der Waals surface area contributed by atoms with E-state index >= 15 is 0 Å². The van der Waals surface area contributed by atoms with E-state index in [-0.39, 0.29) is 34.2 Å². The maximum atomic E-state index is 13.5. The Morgan fingerprint density at radius 3 is 2.52 bits per heavy atom. The zero-order valence-electron chi connectivity index (χ0n) is 18.3. The Kier molecular flexibility index (Phi) is 6.72. The number of hydrogen-bond donors (Lipinski definition) is 4. The highest BCUT2D eigenvalue weighted by atomic mass is 35.5. The molecule has 0 heterocycles. The topological polar surface area (TPSA) is 114 Å². The lowest BCUT2D eigenvalue weighted by Crippen LogP contribution is -2.31. The van der Waals surface area contributed by atoms with E-state index in [4.69, 9.17) is 23.1 Å². The fraction of sp³-hybridized carbons (Fsp3) is 0.360. The molecule has 4 rings (SSSR count). The van der Waals surface area contributed by atoms with Crippen LogP contribution in [0, 0.1) is 23.6 Å². The third-order valence-electron chi connectivity index (χ3n) is 7.01. The van der Waals surface area contributed by atoms with Crippen molar-refractivity contribution in [2.45, 2.75) is 31.3 Å². The van der Waals surface area contributed by atoms with E-state index < -0.39 is 17.8 Å². The fourth-order valence-corrected chi connectivity index (χ4v) is 5.56. The van der Waals surface area contributed by atoms with Crippen LogP contribution in [0.3, 0.4) is 0 Å². The van der Waals surface area contributed by atoms with Gasteiger partial charge in [0.2, 0.25) is 0 Å². The summed E-state index contributed by atoms with van der Waals surface area (Å²) < 4.78 is 13.5. The molecule has 0 bridgehead atoms. The van der Waals surface area contributed by atoms with E-state index in [9.17, 15) is 14.3 Å². The molecule has 1 amide bonds. The molecule has 6 N–H and O–H groups in total. The molecule has 0 spiro atoms. The second kappa shape index (κ2) is 9.53. The number of nitrogens with zero attached hydrogens (tertiary/aromatic N) is 1. The number of aliphatic imine (C=N–C) groups is 1. The summed E-state index contributed by atoms with van der Waals surface area (Å²) >= 11 is 5.82. The summed E-state index contributed by atoms with van der Waals surface area (Å²) in [4.78, 5) is 17.0. The minimum Gasteiger partial charge on any atom is -0.401 e. The number of amides is 1. The average molecular weight is 471 g/mol. The minimum absolute atomic E-state index is 0.0259. The molecule has 8 heteroatoms. The molecule has 2 aromatic carbocycles. The Hall–Kier alpha value is -2.90. The Morgan fingerprint density at radius 2 is 1.88 bits per heavy atom. The first-order valence-corrected chi connectivity index (χ1v) is 11.4. The van der Waals surface area contributed by atoms with Crippen molar-refractivity contribution in [2.75, 3.05) is 12.4 Å². The summed E-state index contributed by atoms with van der Waals surface area (Å²) in [7, 11) is 1.49. The molecule has 2 aliphatic carbocycles. The van der Waals surface area contributed by atoms with Crippen molar-refractivity contribution >= 4 is 29.0 Å². The van der Waals surface area contributed by atoms with Crippen molar-refractivity contribution in [1.82, 2.24) is 0 Å². The van der Waals surface area contributed by atoms with Crippen LogP contribution in [0.25, 0.3) is 0 Å². The summed E-state index contributed by atoms with van der Waals surface area (Å²) in [6.45, 7) is 0. The number of carbonyl (C=O) groups excluding carboxylic acids is 1. The molecule has 5 unspecified atom stereocenters. The number of carbonyl (C=O) groups is 1. The monoisotopic (exact) mass is 470 g/mol. The molecule has 2 aromatic rings. The maximum Gasteiger partial charge on any atom is 0.261 e. The van der Waals surface area contributed by atoms with Crippen LogP contribution in [-0.2, 0) is 4.79 Å². The molecule has 5 atom stereocenters. The molecule has 2 saturated carbocycles. The first-order chi connectivity index (χ1) is 15.8. The van der Waals surface area contributed by atoms with Crippen LogP contribution in [0.5, 0.6) is 0 Å². The smallest absolute Gasteiger partial charge is 0.261 e. The third-order valence-corrected chi connectivity index (χ3v) is 7.30. The van der Waals surface area contributed by atoms with Gasteiger partial charge in [0.05, 0.1) is 11.1 Å². The number of halogens is 2. The van der Waals surface area contributed by atoms with Crippen LogP contribution in [0.2, 0.25) is 5.02 Å². The molecular weight excluding hydrogens is 443 g/mol. The van der Waals surface area contributed by atoms with Crippen LogP contribution in [0.1, 0.15) is 30.7 Å². The van der Waals surface area contributed by atoms with E-state index in [1.807, 2.05) is 18.2 Å². The second-order valence-corrected chi connectivity index (χ2v) is 9.27. The molecule has 2 fully saturated rings. The zero-order chi connectivity index (χ0) is 23.7. The van der Waals surface area contributed by atoms with Crippen molar-refractivity contribution in [1.29, 1.82) is 0 Å². The van der Waals surface area contributed by atoms with Gasteiger partial charge in [-0.2, -0.15) is 0 Å². The number of rotatable bonds is 5. The summed E-state index contributed by atoms with van der Waals surface area (Å²) in [5.41, 5.74) is 14.5. The van der Waals surface area contributed by atoms with Gasteiger partial charge in [-0.25, -0.2) is 4.39 Å². The van der Waals surface area contributed by atoms with E-state index in [1.54, 1.807) is 0 Å². The zero-order valence-corrected chi connectivity index (χ0v) is 19.1. The van der Waals surface area contributed by atoms with Crippen LogP contribution in [0.15, 0.2) is 64.8 Å². The highest BCUT2D eigenvalue weighted by molar-refractivity contribution is 6.31. The van der Waals surface area contributed by atoms with Gasteiger partial charge in [-0.3, -0.25) is 9.79 Å². The van der Waals surface area contributed by atoms with E-state index in [0.29, 0.717) is 23.7 Å². The predicted molar refractivity (Wildman–Crippen MR) is 128 cm³/mol. The molecule has 2 aliphatic rings. The van der Waals surface area contributed by atoms with Gasteiger partial charge < -0.3 is 21.9 Å². The lowest BCUT2D eigenvalue weighted by atomic mass is 9.88. The van der Waals surface area contributed by atoms with Gasteiger partial charge in [-0.05, 0) is 54.9 Å². The maximum absolute atomic E-state index is 13.5. The largest absolute Gasteiger partial charge is 0.401 e. The van der Waals surface area contributed by atoms with Crippen LogP contribution >= 0.6 is 11.6 Å². The third kappa shape index (κ3) is 4.61. The molecule has 0 aliphatic heterocycles. The predicted octanol–water partition coefficient (Wildman–Crippen LogP) is 3.81. The van der Waals surface area contributed by atoms with Crippen LogP contribution < -0.4 is 16.8 Å².